The van der Waals surface area contributed by atoms with E-state index in [-0.39, 0.29) is 5.69 Å². The molecule has 1 aromatic heterocycles. The molecule has 4 rings (SSSR count). The number of carboxylic acids is 1. The number of anilines is 1. The van der Waals surface area contributed by atoms with Crippen molar-refractivity contribution in [3.63, 3.8) is 0 Å². The number of rotatable bonds is 2. The van der Waals surface area contributed by atoms with E-state index in [1.54, 1.807) is 12.1 Å². The highest BCUT2D eigenvalue weighted by Gasteiger charge is 2.57. The quantitative estimate of drug-likeness (QED) is 0.890. The van der Waals surface area contributed by atoms with Gasteiger partial charge in [-0.25, -0.2) is 9.78 Å². The fourth-order valence-corrected chi connectivity index (χ4v) is 4.12. The van der Waals surface area contributed by atoms with Crippen LogP contribution in [0.15, 0.2) is 18.2 Å². The molecule has 0 radical (unpaired) electrons. The molecular weight excluding hydrogens is 256 g/mol. The van der Waals surface area contributed by atoms with Crippen LogP contribution in [0.4, 0.5) is 5.82 Å². The first-order valence-electron chi connectivity index (χ1n) is 7.24. The molecule has 1 aliphatic carbocycles. The Balaban J connectivity index is 1.68. The van der Waals surface area contributed by atoms with Crippen molar-refractivity contribution in [3.05, 3.63) is 23.9 Å². The second-order valence-corrected chi connectivity index (χ2v) is 6.24. The van der Waals surface area contributed by atoms with E-state index in [2.05, 4.69) is 9.88 Å². The van der Waals surface area contributed by atoms with Crippen LogP contribution < -0.4 is 4.90 Å². The normalized spacial score (nSPS) is 30.3. The zero-order valence-corrected chi connectivity index (χ0v) is 11.3. The van der Waals surface area contributed by atoms with E-state index in [0.717, 1.165) is 25.6 Å². The van der Waals surface area contributed by atoms with Crippen molar-refractivity contribution in [2.75, 3.05) is 24.7 Å². The molecule has 0 aromatic carbocycles. The summed E-state index contributed by atoms with van der Waals surface area (Å²) in [6, 6.07) is 5.61. The number of ether oxygens (including phenoxy) is 1. The lowest BCUT2D eigenvalue weighted by atomic mass is 9.62. The molecule has 0 bridgehead atoms. The fourth-order valence-electron chi connectivity index (χ4n) is 4.12. The second-order valence-electron chi connectivity index (χ2n) is 6.24. The first-order valence-corrected chi connectivity index (χ1v) is 7.24. The van der Waals surface area contributed by atoms with Gasteiger partial charge in [-0.15, -0.1) is 0 Å². The lowest BCUT2D eigenvalue weighted by Gasteiger charge is -2.42. The fraction of sp³-hybridized carbons (Fsp3) is 0.600. The van der Waals surface area contributed by atoms with E-state index in [1.807, 2.05) is 6.07 Å². The topological polar surface area (TPSA) is 62.7 Å². The molecule has 2 aliphatic heterocycles. The van der Waals surface area contributed by atoms with E-state index in [9.17, 15) is 4.79 Å². The number of fused-ring (bicyclic) bond motifs is 2. The van der Waals surface area contributed by atoms with Gasteiger partial charge in [-0.2, -0.15) is 0 Å². The van der Waals surface area contributed by atoms with Crippen LogP contribution in [0.3, 0.4) is 0 Å². The Morgan fingerprint density at radius 3 is 2.95 bits per heavy atom. The van der Waals surface area contributed by atoms with E-state index >= 15 is 0 Å². The minimum Gasteiger partial charge on any atom is -0.477 e. The van der Waals surface area contributed by atoms with Gasteiger partial charge in [0, 0.05) is 12.5 Å². The van der Waals surface area contributed by atoms with Crippen molar-refractivity contribution in [2.45, 2.75) is 25.3 Å². The summed E-state index contributed by atoms with van der Waals surface area (Å²) in [7, 11) is 0. The summed E-state index contributed by atoms with van der Waals surface area (Å²) in [6.45, 7) is 2.59. The summed E-state index contributed by atoms with van der Waals surface area (Å²) in [4.78, 5) is 17.7. The molecule has 1 aromatic rings. The van der Waals surface area contributed by atoms with Crippen LogP contribution in [0, 0.1) is 11.3 Å². The van der Waals surface area contributed by atoms with Gasteiger partial charge >= 0.3 is 5.97 Å². The summed E-state index contributed by atoms with van der Waals surface area (Å²) in [5.41, 5.74) is 0.509. The van der Waals surface area contributed by atoms with Gasteiger partial charge in [-0.3, -0.25) is 0 Å². The molecule has 3 aliphatic rings. The smallest absolute Gasteiger partial charge is 0.354 e. The molecule has 3 fully saturated rings. The molecule has 0 amide bonds. The number of carboxylic acid groups (broad SMARTS) is 1. The highest BCUT2D eigenvalue weighted by atomic mass is 16.5. The molecule has 3 heterocycles. The Hall–Kier alpha value is -1.62. The molecule has 2 saturated heterocycles. The maximum absolute atomic E-state index is 11.1. The Labute approximate surface area is 117 Å². The number of nitrogens with zero attached hydrogens (tertiary/aromatic N) is 2. The summed E-state index contributed by atoms with van der Waals surface area (Å²) >= 11 is 0. The predicted octanol–water partition coefficient (Wildman–Crippen LogP) is 1.79. The van der Waals surface area contributed by atoms with Crippen molar-refractivity contribution in [1.82, 2.24) is 4.98 Å². The molecule has 5 nitrogen and oxygen atoms in total. The number of hydrogen-bond donors (Lipinski definition) is 1. The summed E-state index contributed by atoms with van der Waals surface area (Å²) < 4.78 is 5.69. The Morgan fingerprint density at radius 2 is 2.25 bits per heavy atom. The summed E-state index contributed by atoms with van der Waals surface area (Å²) in [5.74, 6) is 0.407. The van der Waals surface area contributed by atoms with Gasteiger partial charge in [-0.1, -0.05) is 12.5 Å². The average Bonchev–Trinajstić information content (AvgIpc) is 2.97. The highest BCUT2D eigenvalue weighted by molar-refractivity contribution is 5.85. The Kier molecular flexibility index (Phi) is 2.54. The predicted molar refractivity (Wildman–Crippen MR) is 72.9 cm³/mol. The molecule has 1 saturated carbocycles. The minimum absolute atomic E-state index is 0.118. The van der Waals surface area contributed by atoms with E-state index in [4.69, 9.17) is 9.84 Å². The molecular formula is C15H18N2O3. The monoisotopic (exact) mass is 274 g/mol. The number of carbonyl (C=O) groups is 1. The van der Waals surface area contributed by atoms with Gasteiger partial charge in [0.2, 0.25) is 0 Å². The SMILES string of the molecule is O=C(O)c1cccc(N2CC3(CCC3)[C@H]3COC[C@H]32)n1. The average molecular weight is 274 g/mol. The van der Waals surface area contributed by atoms with Gasteiger partial charge in [0.15, 0.2) is 5.69 Å². The van der Waals surface area contributed by atoms with E-state index < -0.39 is 5.97 Å². The largest absolute Gasteiger partial charge is 0.477 e. The molecule has 1 N–H and O–H groups in total. The van der Waals surface area contributed by atoms with Gasteiger partial charge in [0.25, 0.3) is 0 Å². The van der Waals surface area contributed by atoms with Crippen LogP contribution in [-0.2, 0) is 4.74 Å². The number of aromatic nitrogens is 1. The minimum atomic E-state index is -0.969. The standard InChI is InChI=1S/C15H18N2O3/c18-14(19)11-3-1-4-13(16-11)17-9-15(5-2-6-15)10-7-20-8-12(10)17/h1,3-4,10,12H,2,5-9H2,(H,18,19)/t10-,12+/m0/s1. The number of hydrogen-bond acceptors (Lipinski definition) is 4. The third-order valence-corrected chi connectivity index (χ3v) is 5.32. The third kappa shape index (κ3) is 1.59. The molecule has 20 heavy (non-hydrogen) atoms. The van der Waals surface area contributed by atoms with E-state index in [1.165, 1.54) is 19.3 Å². The van der Waals surface area contributed by atoms with Gasteiger partial charge in [0.05, 0.1) is 19.3 Å². The lowest BCUT2D eigenvalue weighted by Crippen LogP contribution is -2.38. The van der Waals surface area contributed by atoms with Crippen molar-refractivity contribution in [2.24, 2.45) is 11.3 Å². The lowest BCUT2D eigenvalue weighted by molar-refractivity contribution is 0.0672. The zero-order valence-electron chi connectivity index (χ0n) is 11.3. The van der Waals surface area contributed by atoms with Gasteiger partial charge < -0.3 is 14.7 Å². The molecule has 5 heteroatoms. The van der Waals surface area contributed by atoms with Gasteiger partial charge in [-0.05, 0) is 30.4 Å². The van der Waals surface area contributed by atoms with Crippen LogP contribution in [0.2, 0.25) is 0 Å². The Morgan fingerprint density at radius 1 is 1.40 bits per heavy atom. The number of aromatic carboxylic acids is 1. The van der Waals surface area contributed by atoms with Crippen LogP contribution in [0.1, 0.15) is 29.8 Å². The van der Waals surface area contributed by atoms with E-state index in [0.29, 0.717) is 17.4 Å². The van der Waals surface area contributed by atoms with Crippen molar-refractivity contribution >= 4 is 11.8 Å². The molecule has 2 atom stereocenters. The van der Waals surface area contributed by atoms with Gasteiger partial charge in [0.1, 0.15) is 5.82 Å². The van der Waals surface area contributed by atoms with Crippen molar-refractivity contribution in [1.29, 1.82) is 0 Å². The second kappa shape index (κ2) is 4.19. The Bertz CT molecular complexity index is 556. The van der Waals surface area contributed by atoms with Crippen molar-refractivity contribution < 1.29 is 14.6 Å². The molecule has 106 valence electrons. The highest BCUT2D eigenvalue weighted by Crippen LogP contribution is 2.56. The summed E-state index contributed by atoms with van der Waals surface area (Å²) in [6.07, 6.45) is 3.85. The maximum Gasteiger partial charge on any atom is 0.354 e. The first kappa shape index (κ1) is 12.1. The third-order valence-electron chi connectivity index (χ3n) is 5.32. The zero-order chi connectivity index (χ0) is 13.7. The first-order chi connectivity index (χ1) is 9.70. The van der Waals surface area contributed by atoms with Crippen molar-refractivity contribution in [3.8, 4) is 0 Å². The number of pyridine rings is 1. The van der Waals surface area contributed by atoms with Crippen LogP contribution in [0.25, 0.3) is 0 Å². The molecule has 1 spiro atoms. The van der Waals surface area contributed by atoms with Crippen LogP contribution >= 0.6 is 0 Å². The summed E-state index contributed by atoms with van der Waals surface area (Å²) in [5, 5.41) is 9.09. The van der Waals surface area contributed by atoms with Crippen LogP contribution in [-0.4, -0.2) is 41.9 Å². The molecule has 0 unspecified atom stereocenters. The van der Waals surface area contributed by atoms with Crippen LogP contribution in [0.5, 0.6) is 0 Å². The maximum atomic E-state index is 11.1.